The van der Waals surface area contributed by atoms with Crippen molar-refractivity contribution in [3.05, 3.63) is 119 Å². The Morgan fingerprint density at radius 2 is 1.21 bits per heavy atom. The first kappa shape index (κ1) is 27.8. The van der Waals surface area contributed by atoms with E-state index in [-0.39, 0.29) is 23.6 Å². The molecule has 4 aromatic carbocycles. The maximum atomic E-state index is 13.2. The highest BCUT2D eigenvalue weighted by Crippen LogP contribution is 2.30. The Bertz CT molecular complexity index is 1480. The molecule has 0 spiro atoms. The van der Waals surface area contributed by atoms with E-state index in [1.165, 1.54) is 16.0 Å². The van der Waals surface area contributed by atoms with Crippen molar-refractivity contribution in [3.8, 4) is 0 Å². The van der Waals surface area contributed by atoms with E-state index in [0.717, 1.165) is 43.4 Å². The Hall–Kier alpha value is -4.33. The number of carbonyl (C=O) groups excluding carboxylic acids is 3. The third-order valence-electron chi connectivity index (χ3n) is 8.49. The summed E-state index contributed by atoms with van der Waals surface area (Å²) in [5.41, 5.74) is 3.70. The highest BCUT2D eigenvalue weighted by molar-refractivity contribution is 6.25. The van der Waals surface area contributed by atoms with E-state index >= 15 is 0 Å². The van der Waals surface area contributed by atoms with Crippen molar-refractivity contribution < 1.29 is 14.4 Å². The summed E-state index contributed by atoms with van der Waals surface area (Å²) in [6.07, 6.45) is 0.834. The summed E-state index contributed by atoms with van der Waals surface area (Å²) < 4.78 is 0. The molecule has 0 radical (unpaired) electrons. The first-order valence-corrected chi connectivity index (χ1v) is 14.8. The number of piperazine rings is 1. The monoisotopic (exact) mass is 560 g/mol. The molecule has 7 heteroatoms. The van der Waals surface area contributed by atoms with Crippen molar-refractivity contribution in [2.45, 2.75) is 12.3 Å². The molecule has 2 aliphatic heterocycles. The third kappa shape index (κ3) is 5.98. The number of hydrogen-bond donors (Lipinski definition) is 1. The van der Waals surface area contributed by atoms with Crippen molar-refractivity contribution in [1.82, 2.24) is 20.0 Å². The van der Waals surface area contributed by atoms with Crippen LogP contribution in [-0.2, 0) is 4.79 Å². The first-order chi connectivity index (χ1) is 20.6. The number of imide groups is 1. The third-order valence-corrected chi connectivity index (χ3v) is 8.49. The van der Waals surface area contributed by atoms with Gasteiger partial charge in [0.2, 0.25) is 5.91 Å². The van der Waals surface area contributed by atoms with E-state index < -0.39 is 0 Å². The van der Waals surface area contributed by atoms with Crippen LogP contribution in [0.2, 0.25) is 0 Å². The standard InChI is InChI=1S/C35H36N4O3/c40-32(36-18-17-29(26-9-3-1-4-10-26)27-11-5-2-6-12-27)25-38-21-19-37(20-22-38)23-24-39-34(41)30-15-7-13-28-14-8-16-31(33(28)30)35(39)42/h1-16,29H,17-25H2,(H,36,40). The maximum absolute atomic E-state index is 13.2. The molecule has 3 amide bonds. The van der Waals surface area contributed by atoms with Gasteiger partial charge in [-0.2, -0.15) is 0 Å². The van der Waals surface area contributed by atoms with Crippen LogP contribution in [0.1, 0.15) is 44.2 Å². The van der Waals surface area contributed by atoms with Gasteiger partial charge >= 0.3 is 0 Å². The minimum atomic E-state index is -0.221. The SMILES string of the molecule is O=C(CN1CCN(CCN2C(=O)c3cccc4cccc(c34)C2=O)CC1)NCCC(c1ccccc1)c1ccccc1. The van der Waals surface area contributed by atoms with Crippen molar-refractivity contribution in [2.75, 3.05) is 52.4 Å². The van der Waals surface area contributed by atoms with E-state index in [9.17, 15) is 14.4 Å². The number of rotatable bonds is 10. The van der Waals surface area contributed by atoms with Gasteiger partial charge in [-0.1, -0.05) is 84.9 Å². The fourth-order valence-corrected chi connectivity index (χ4v) is 6.21. The van der Waals surface area contributed by atoms with E-state index in [2.05, 4.69) is 63.6 Å². The number of benzene rings is 4. The number of hydrogen-bond acceptors (Lipinski definition) is 5. The van der Waals surface area contributed by atoms with E-state index in [1.807, 2.05) is 36.4 Å². The molecular formula is C35H36N4O3. The molecule has 0 bridgehead atoms. The van der Waals surface area contributed by atoms with E-state index in [0.29, 0.717) is 37.3 Å². The van der Waals surface area contributed by atoms with Crippen LogP contribution in [0.5, 0.6) is 0 Å². The van der Waals surface area contributed by atoms with E-state index in [4.69, 9.17) is 0 Å². The normalized spacial score (nSPS) is 15.9. The molecule has 7 nitrogen and oxygen atoms in total. The van der Waals surface area contributed by atoms with Gasteiger partial charge in [0.25, 0.3) is 11.8 Å². The summed E-state index contributed by atoms with van der Waals surface area (Å²) in [6.45, 7) is 5.09. The van der Waals surface area contributed by atoms with Gasteiger partial charge in [-0.15, -0.1) is 0 Å². The minimum absolute atomic E-state index is 0.0423. The zero-order chi connectivity index (χ0) is 28.9. The molecule has 42 heavy (non-hydrogen) atoms. The quantitative estimate of drug-likeness (QED) is 0.291. The van der Waals surface area contributed by atoms with Gasteiger partial charge in [-0.3, -0.25) is 29.1 Å². The summed E-state index contributed by atoms with van der Waals surface area (Å²) in [7, 11) is 0. The summed E-state index contributed by atoms with van der Waals surface area (Å²) in [5.74, 6) is -0.167. The Labute approximate surface area is 246 Å². The van der Waals surface area contributed by atoms with Crippen molar-refractivity contribution in [1.29, 1.82) is 0 Å². The Morgan fingerprint density at radius 1 is 0.667 bits per heavy atom. The number of nitrogens with zero attached hydrogens (tertiary/aromatic N) is 3. The average Bonchev–Trinajstić information content (AvgIpc) is 3.03. The Morgan fingerprint density at radius 3 is 1.79 bits per heavy atom. The summed E-state index contributed by atoms with van der Waals surface area (Å²) in [4.78, 5) is 45.0. The molecule has 2 heterocycles. The topological polar surface area (TPSA) is 73.0 Å². The smallest absolute Gasteiger partial charge is 0.261 e. The fourth-order valence-electron chi connectivity index (χ4n) is 6.21. The van der Waals surface area contributed by atoms with Gasteiger partial charge in [-0.05, 0) is 35.1 Å². The summed E-state index contributed by atoms with van der Waals surface area (Å²) in [6, 6.07) is 32.1. The lowest BCUT2D eigenvalue weighted by atomic mass is 9.88. The number of nitrogens with one attached hydrogen (secondary N) is 1. The van der Waals surface area contributed by atoms with Crippen LogP contribution in [0.25, 0.3) is 10.8 Å². The molecular weight excluding hydrogens is 524 g/mol. The molecule has 1 N–H and O–H groups in total. The zero-order valence-electron chi connectivity index (χ0n) is 23.7. The fraction of sp³-hybridized carbons (Fsp3) is 0.286. The van der Waals surface area contributed by atoms with Gasteiger partial charge in [0.1, 0.15) is 0 Å². The van der Waals surface area contributed by atoms with Gasteiger partial charge in [-0.25, -0.2) is 0 Å². The Kier molecular flexibility index (Phi) is 8.40. The lowest BCUT2D eigenvalue weighted by Crippen LogP contribution is -2.52. The lowest BCUT2D eigenvalue weighted by molar-refractivity contribution is -0.122. The predicted octanol–water partition coefficient (Wildman–Crippen LogP) is 4.39. The van der Waals surface area contributed by atoms with E-state index in [1.54, 1.807) is 12.1 Å². The van der Waals surface area contributed by atoms with Crippen LogP contribution in [0.15, 0.2) is 97.1 Å². The Balaban J connectivity index is 0.958. The predicted molar refractivity (Wildman–Crippen MR) is 165 cm³/mol. The molecule has 4 aromatic rings. The maximum Gasteiger partial charge on any atom is 0.261 e. The van der Waals surface area contributed by atoms with Crippen LogP contribution in [0.3, 0.4) is 0 Å². The molecule has 0 aliphatic carbocycles. The summed E-state index contributed by atoms with van der Waals surface area (Å²) in [5, 5.41) is 4.80. The van der Waals surface area contributed by atoms with Crippen molar-refractivity contribution >= 4 is 28.5 Å². The van der Waals surface area contributed by atoms with Gasteiger partial charge < -0.3 is 5.32 Å². The number of carbonyl (C=O) groups is 3. The highest BCUT2D eigenvalue weighted by atomic mass is 16.2. The second kappa shape index (κ2) is 12.7. The van der Waals surface area contributed by atoms with Crippen LogP contribution in [-0.4, -0.2) is 84.8 Å². The van der Waals surface area contributed by atoms with Crippen LogP contribution in [0, 0.1) is 0 Å². The van der Waals surface area contributed by atoms with Gasteiger partial charge in [0, 0.05) is 68.2 Å². The number of amides is 3. The molecule has 214 valence electrons. The van der Waals surface area contributed by atoms with Gasteiger partial charge in [0.05, 0.1) is 6.54 Å². The average molecular weight is 561 g/mol. The van der Waals surface area contributed by atoms with Crippen molar-refractivity contribution in [2.24, 2.45) is 0 Å². The molecule has 0 atom stereocenters. The van der Waals surface area contributed by atoms with Crippen LogP contribution >= 0.6 is 0 Å². The lowest BCUT2D eigenvalue weighted by Gasteiger charge is -2.35. The summed E-state index contributed by atoms with van der Waals surface area (Å²) >= 11 is 0. The second-order valence-electron chi connectivity index (χ2n) is 11.1. The molecule has 0 unspecified atom stereocenters. The first-order valence-electron chi connectivity index (χ1n) is 14.8. The van der Waals surface area contributed by atoms with Crippen LogP contribution in [0.4, 0.5) is 0 Å². The molecule has 0 saturated carbocycles. The van der Waals surface area contributed by atoms with Crippen molar-refractivity contribution in [3.63, 3.8) is 0 Å². The second-order valence-corrected chi connectivity index (χ2v) is 11.1. The molecule has 2 aliphatic rings. The van der Waals surface area contributed by atoms with Crippen LogP contribution < -0.4 is 5.32 Å². The molecule has 0 aromatic heterocycles. The molecule has 1 fully saturated rings. The largest absolute Gasteiger partial charge is 0.355 e. The molecule has 6 rings (SSSR count). The van der Waals surface area contributed by atoms with Gasteiger partial charge in [0.15, 0.2) is 0 Å². The molecule has 1 saturated heterocycles. The minimum Gasteiger partial charge on any atom is -0.355 e. The highest BCUT2D eigenvalue weighted by Gasteiger charge is 2.33. The zero-order valence-corrected chi connectivity index (χ0v) is 23.7.